The Labute approximate surface area is 387 Å². The number of halogens is 2. The molecule has 1 saturated carbocycles. The van der Waals surface area contributed by atoms with Gasteiger partial charge in [0.1, 0.15) is 36.5 Å². The Morgan fingerprint density at radius 3 is 2.34 bits per heavy atom. The van der Waals surface area contributed by atoms with Crippen LogP contribution in [0.2, 0.25) is 5.02 Å². The van der Waals surface area contributed by atoms with Gasteiger partial charge in [0.2, 0.25) is 0 Å². The Bertz CT molecular complexity index is 1930. The molecule has 6 rings (SSSR count). The number of amides is 3. The zero-order chi connectivity index (χ0) is 47.9. The van der Waals surface area contributed by atoms with Crippen molar-refractivity contribution in [3.05, 3.63) is 34.6 Å². The van der Waals surface area contributed by atoms with Crippen LogP contribution in [0.1, 0.15) is 100.0 Å². The number of hydrogen-bond donors (Lipinski definition) is 1. The first kappa shape index (κ1) is 50.8. The topological polar surface area (TPSA) is 180 Å². The van der Waals surface area contributed by atoms with Gasteiger partial charge in [0, 0.05) is 44.0 Å². The fourth-order valence-corrected chi connectivity index (χ4v) is 10.9. The Morgan fingerprint density at radius 1 is 1.05 bits per heavy atom. The average Bonchev–Trinajstić information content (AvgIpc) is 3.95. The lowest BCUT2D eigenvalue weighted by Gasteiger charge is -2.48. The predicted molar refractivity (Wildman–Crippen MR) is 234 cm³/mol. The number of esters is 1. The number of aliphatic hydroxyl groups excluding tert-OH is 1. The molecule has 65 heavy (non-hydrogen) atoms. The van der Waals surface area contributed by atoms with Crippen molar-refractivity contribution in [2.75, 3.05) is 33.9 Å². The molecule has 0 bridgehead atoms. The van der Waals surface area contributed by atoms with Crippen molar-refractivity contribution in [2.24, 2.45) is 29.6 Å². The summed E-state index contributed by atoms with van der Waals surface area (Å²) in [4.78, 5) is 75.0. The zero-order valence-corrected chi connectivity index (χ0v) is 40.4. The maximum absolute atomic E-state index is 15.0. The van der Waals surface area contributed by atoms with Crippen molar-refractivity contribution in [2.45, 2.75) is 167 Å². The molecular formula is C47H69ClFN3O13. The maximum atomic E-state index is 15.0. The van der Waals surface area contributed by atoms with Crippen LogP contribution in [0.3, 0.4) is 0 Å². The van der Waals surface area contributed by atoms with Crippen LogP contribution in [0.5, 0.6) is 0 Å². The van der Waals surface area contributed by atoms with Crippen molar-refractivity contribution < 1.29 is 66.6 Å². The monoisotopic (exact) mass is 937 g/mol. The lowest BCUT2D eigenvalue weighted by Crippen LogP contribution is -2.61. The van der Waals surface area contributed by atoms with Crippen molar-refractivity contribution in [1.29, 1.82) is 0 Å². The smallest absolute Gasteiger partial charge is 0.419 e. The predicted octanol–water partition coefficient (Wildman–Crippen LogP) is 6.78. The third kappa shape index (κ3) is 10.6. The number of ketones is 1. The molecule has 18 heteroatoms. The number of nitrogens with zero attached hydrogens (tertiary/aromatic N) is 3. The van der Waals surface area contributed by atoms with E-state index in [2.05, 4.69) is 4.90 Å². The highest BCUT2D eigenvalue weighted by atomic mass is 35.5. The van der Waals surface area contributed by atoms with Crippen molar-refractivity contribution in [1.82, 2.24) is 14.7 Å². The number of cyclic esters (lactones) is 2. The molecule has 0 aromatic heterocycles. The zero-order valence-electron chi connectivity index (χ0n) is 39.6. The van der Waals surface area contributed by atoms with Gasteiger partial charge in [-0.2, -0.15) is 0 Å². The summed E-state index contributed by atoms with van der Waals surface area (Å²) in [5, 5.41) is 11.9. The number of methoxy groups -OCH3 is 1. The normalized spacial score (nSPS) is 38.5. The standard InChI is InChI=1S/C47H69ClFN3O13/c1-12-35-47(9)39(51(43(56)65-47)18-17-30-15-16-33(49)32(48)20-30)27(5)36(53)24(2)21-46(8,59-11)40(64-42-37(54)34(19-26(4)61-42)50(10)22-31-13-14-31)28(6)38(29(7)41(55)62-35)63-45(58)52-25(3)23-60-44(52)57/h15-16,20,24-29,31,34-35,37-40,42,54H,12-14,17-19,21-23H2,1-11H3/t24-,25+,26-,27-,28+,29-,34+,35-,37-,38+,39-,40-,42+,46+,47-/m1/s1. The molecule has 0 unspecified atom stereocenters. The lowest BCUT2D eigenvalue weighted by molar-refractivity contribution is -0.302. The Morgan fingerprint density at radius 2 is 1.74 bits per heavy atom. The number of carbonyl (C=O) groups is 5. The second-order valence-corrected chi connectivity index (χ2v) is 20.1. The summed E-state index contributed by atoms with van der Waals surface area (Å²) in [6, 6.07) is 2.34. The van der Waals surface area contributed by atoms with Crippen LogP contribution in [-0.2, 0) is 49.2 Å². The molecule has 1 aliphatic carbocycles. The van der Waals surface area contributed by atoms with Gasteiger partial charge in [-0.25, -0.2) is 23.7 Å². The summed E-state index contributed by atoms with van der Waals surface area (Å²) in [6.07, 6.45) is -5.74. The van der Waals surface area contributed by atoms with Crippen molar-refractivity contribution in [3.63, 3.8) is 0 Å². The first-order valence-corrected chi connectivity index (χ1v) is 23.5. The number of rotatable bonds is 11. The fourth-order valence-electron chi connectivity index (χ4n) is 10.7. The van der Waals surface area contributed by atoms with Gasteiger partial charge in [0.05, 0.1) is 40.8 Å². The molecule has 1 aromatic carbocycles. The van der Waals surface area contributed by atoms with E-state index in [1.807, 2.05) is 14.0 Å². The van der Waals surface area contributed by atoms with Gasteiger partial charge >= 0.3 is 24.2 Å². The number of imide groups is 1. The summed E-state index contributed by atoms with van der Waals surface area (Å²) < 4.78 is 57.5. The van der Waals surface area contributed by atoms with Crippen LogP contribution in [0.4, 0.5) is 18.8 Å². The number of hydrogen-bond acceptors (Lipinski definition) is 14. The van der Waals surface area contributed by atoms with Gasteiger partial charge in [-0.1, -0.05) is 45.4 Å². The van der Waals surface area contributed by atoms with Crippen LogP contribution in [0.15, 0.2) is 18.2 Å². The lowest BCUT2D eigenvalue weighted by atomic mass is 9.73. The van der Waals surface area contributed by atoms with E-state index in [4.69, 9.17) is 44.8 Å². The first-order valence-electron chi connectivity index (χ1n) is 23.1. The molecule has 5 aliphatic rings. The van der Waals surface area contributed by atoms with Crippen LogP contribution in [-0.4, -0.2) is 150 Å². The minimum absolute atomic E-state index is 0.0313. The van der Waals surface area contributed by atoms with E-state index in [0.717, 1.165) is 24.3 Å². The second kappa shape index (κ2) is 20.3. The number of benzene rings is 1. The van der Waals surface area contributed by atoms with Crippen LogP contribution >= 0.6 is 11.6 Å². The average molecular weight is 939 g/mol. The number of ether oxygens (including phenoxy) is 7. The molecule has 3 amide bonds. The number of fused-ring (bicyclic) bond motifs is 1. The molecule has 1 aromatic rings. The third-order valence-electron chi connectivity index (χ3n) is 14.6. The van der Waals surface area contributed by atoms with Crippen LogP contribution in [0, 0.1) is 35.4 Å². The van der Waals surface area contributed by atoms with Gasteiger partial charge in [0.25, 0.3) is 0 Å². The second-order valence-electron chi connectivity index (χ2n) is 19.7. The van der Waals surface area contributed by atoms with Gasteiger partial charge in [0.15, 0.2) is 11.9 Å². The van der Waals surface area contributed by atoms with E-state index in [-0.39, 0.29) is 55.4 Å². The molecule has 0 radical (unpaired) electrons. The van der Waals surface area contributed by atoms with E-state index in [9.17, 15) is 33.5 Å². The highest BCUT2D eigenvalue weighted by Gasteiger charge is 2.61. The maximum Gasteiger partial charge on any atom is 0.419 e. The molecular weight excluding hydrogens is 869 g/mol. The Kier molecular flexibility index (Phi) is 15.9. The highest BCUT2D eigenvalue weighted by Crippen LogP contribution is 2.44. The summed E-state index contributed by atoms with van der Waals surface area (Å²) in [5.74, 6) is -4.94. The van der Waals surface area contributed by atoms with Crippen LogP contribution in [0.25, 0.3) is 0 Å². The van der Waals surface area contributed by atoms with E-state index >= 15 is 0 Å². The van der Waals surface area contributed by atoms with Crippen LogP contribution < -0.4 is 0 Å². The number of likely N-dealkylation sites (N-methyl/N-ethyl adjacent to an activating group) is 1. The number of aliphatic hydroxyl groups is 1. The molecule has 364 valence electrons. The minimum Gasteiger partial charge on any atom is -0.458 e. The minimum atomic E-state index is -1.56. The molecule has 16 nitrogen and oxygen atoms in total. The Hall–Kier alpha value is -3.61. The molecule has 4 aliphatic heterocycles. The Balaban J connectivity index is 1.42. The van der Waals surface area contributed by atoms with Gasteiger partial charge in [-0.05, 0) is 104 Å². The number of Topliss-reactive ketones (excluding diaryl/α,β-unsaturated/α-hetero) is 1. The molecule has 4 heterocycles. The first-order chi connectivity index (χ1) is 30.5. The molecule has 15 atom stereocenters. The van der Waals surface area contributed by atoms with Crippen molar-refractivity contribution in [3.8, 4) is 0 Å². The highest BCUT2D eigenvalue weighted by molar-refractivity contribution is 6.30. The molecule has 1 N–H and O–H groups in total. The molecule has 0 spiro atoms. The SMILES string of the molecule is CC[C@H]1OC(=O)[C@H](C)[C@@H](OC(=O)N2C(=O)OC[C@@H]2C)[C@H](C)[C@@H](O[C@@H]2O[C@H](C)C[C@H](N(C)CC3CC3)[C@H]2O)[C@@](C)(OC)C[C@@H](C)C(=O)[C@@H](C)[C@H]2N(CCc3ccc(F)c(Cl)c3)C(=O)O[C@]12C. The van der Waals surface area contributed by atoms with E-state index in [0.29, 0.717) is 17.9 Å². The summed E-state index contributed by atoms with van der Waals surface area (Å²) >= 11 is 6.10. The molecule has 4 saturated heterocycles. The van der Waals surface area contributed by atoms with E-state index < -0.39 is 108 Å². The summed E-state index contributed by atoms with van der Waals surface area (Å²) in [7, 11) is 3.44. The van der Waals surface area contributed by atoms with Crippen molar-refractivity contribution >= 4 is 41.6 Å². The fraction of sp³-hybridized carbons (Fsp3) is 0.766. The third-order valence-corrected chi connectivity index (χ3v) is 14.9. The quantitative estimate of drug-likeness (QED) is 0.181. The van der Waals surface area contributed by atoms with Gasteiger partial charge < -0.3 is 43.2 Å². The van der Waals surface area contributed by atoms with Gasteiger partial charge in [-0.15, -0.1) is 0 Å². The largest absolute Gasteiger partial charge is 0.458 e. The van der Waals surface area contributed by atoms with E-state index in [1.165, 1.54) is 31.1 Å². The van der Waals surface area contributed by atoms with E-state index in [1.54, 1.807) is 54.5 Å². The van der Waals surface area contributed by atoms with Gasteiger partial charge in [-0.3, -0.25) is 14.5 Å². The summed E-state index contributed by atoms with van der Waals surface area (Å²) in [5.41, 5.74) is -2.31. The molecule has 5 fully saturated rings. The summed E-state index contributed by atoms with van der Waals surface area (Å²) in [6.45, 7) is 16.2. The number of carbonyl (C=O) groups excluding carboxylic acids is 5.